The lowest BCUT2D eigenvalue weighted by atomic mass is 9.94. The molecule has 62 heavy (non-hydrogen) atoms. The number of halogens is 4. The predicted molar refractivity (Wildman–Crippen MR) is 226 cm³/mol. The SMILES string of the molecule is CC.CCN(CC[NH+](C)CC(=O)O)C(=O)C1CCN(C(=O)c2ccc(NC(=O)c3ncc(-c4ccc(-c5cnn(CCOC)c5C)c(F)c4F)n3C)cc2Cl)CC1.O=C(O)CF. The van der Waals surface area contributed by atoms with Crippen LogP contribution in [0, 0.1) is 24.5 Å². The van der Waals surface area contributed by atoms with Crippen molar-refractivity contribution in [2.75, 3.05) is 72.0 Å². The number of piperidine rings is 1. The van der Waals surface area contributed by atoms with Crippen molar-refractivity contribution >= 4 is 46.9 Å². The lowest BCUT2D eigenvalue weighted by molar-refractivity contribution is -0.871. The molecule has 5 rings (SSSR count). The number of methoxy groups -OCH3 is 1. The van der Waals surface area contributed by atoms with Crippen LogP contribution in [0.25, 0.3) is 22.4 Å². The molecular weight excluding hydrogens is 837 g/mol. The first-order chi connectivity index (χ1) is 29.5. The quantitative estimate of drug-likeness (QED) is 0.125. The molecule has 0 bridgehead atoms. The summed E-state index contributed by atoms with van der Waals surface area (Å²) in [6.07, 6.45) is 3.73. The number of hydrogen-bond acceptors (Lipinski definition) is 8. The van der Waals surface area contributed by atoms with Crippen molar-refractivity contribution < 1.29 is 57.0 Å². The van der Waals surface area contributed by atoms with Crippen LogP contribution in [-0.4, -0.2) is 136 Å². The maximum absolute atomic E-state index is 15.5. The number of imidazole rings is 1. The van der Waals surface area contributed by atoms with Gasteiger partial charge in [-0.2, -0.15) is 5.10 Å². The van der Waals surface area contributed by atoms with E-state index in [2.05, 4.69) is 15.4 Å². The van der Waals surface area contributed by atoms with Crippen LogP contribution in [0.3, 0.4) is 0 Å². The number of carboxylic acid groups (broad SMARTS) is 2. The Kier molecular flexibility index (Phi) is 19.6. The summed E-state index contributed by atoms with van der Waals surface area (Å²) < 4.78 is 49.6. The largest absolute Gasteiger partial charge is 0.479 e. The number of anilines is 1. The average molecular weight is 892 g/mol. The number of carbonyl (C=O) groups excluding carboxylic acids is 3. The van der Waals surface area contributed by atoms with Gasteiger partial charge in [-0.05, 0) is 51.0 Å². The molecule has 2 aromatic carbocycles. The van der Waals surface area contributed by atoms with Gasteiger partial charge in [0.05, 0.1) is 62.0 Å². The number of carboxylic acids is 2. The highest BCUT2D eigenvalue weighted by Crippen LogP contribution is 2.33. The first-order valence-corrected chi connectivity index (χ1v) is 20.4. The third-order valence-electron chi connectivity index (χ3n) is 10.1. The van der Waals surface area contributed by atoms with Gasteiger partial charge in [0.2, 0.25) is 5.91 Å². The van der Waals surface area contributed by atoms with E-state index in [1.807, 2.05) is 20.8 Å². The van der Waals surface area contributed by atoms with Crippen LogP contribution in [0.5, 0.6) is 0 Å². The molecule has 0 spiro atoms. The van der Waals surface area contributed by atoms with Gasteiger partial charge in [-0.15, -0.1) is 0 Å². The van der Waals surface area contributed by atoms with Gasteiger partial charge in [0.25, 0.3) is 11.8 Å². The van der Waals surface area contributed by atoms with Crippen molar-refractivity contribution in [3.8, 4) is 22.4 Å². The number of nitrogens with one attached hydrogen (secondary N) is 2. The number of nitrogens with zero attached hydrogens (tertiary/aromatic N) is 6. The summed E-state index contributed by atoms with van der Waals surface area (Å²) in [7, 11) is 4.85. The van der Waals surface area contributed by atoms with E-state index in [0.717, 1.165) is 4.90 Å². The molecule has 20 heteroatoms. The van der Waals surface area contributed by atoms with Crippen LogP contribution >= 0.6 is 11.6 Å². The monoisotopic (exact) mass is 891 g/mol. The number of benzene rings is 2. The van der Waals surface area contributed by atoms with Crippen LogP contribution in [-0.2, 0) is 32.7 Å². The minimum atomic E-state index is -1.41. The third kappa shape index (κ3) is 12.9. The number of rotatable bonds is 16. The van der Waals surface area contributed by atoms with Crippen LogP contribution in [0.1, 0.15) is 60.3 Å². The summed E-state index contributed by atoms with van der Waals surface area (Å²) in [6.45, 7) is 9.42. The smallest absolute Gasteiger partial charge is 0.359 e. The predicted octanol–water partition coefficient (Wildman–Crippen LogP) is 4.46. The Bertz CT molecular complexity index is 2190. The van der Waals surface area contributed by atoms with Crippen LogP contribution in [0.4, 0.5) is 18.9 Å². The highest BCUT2D eigenvalue weighted by Gasteiger charge is 2.31. The molecule has 1 aliphatic rings. The first-order valence-electron chi connectivity index (χ1n) is 20.0. The van der Waals surface area contributed by atoms with E-state index in [1.54, 1.807) is 35.6 Å². The maximum Gasteiger partial charge on any atom is 0.359 e. The zero-order valence-corrected chi connectivity index (χ0v) is 36.7. The van der Waals surface area contributed by atoms with E-state index in [0.29, 0.717) is 75.7 Å². The van der Waals surface area contributed by atoms with E-state index >= 15 is 8.78 Å². The number of quaternary nitrogens is 1. The minimum Gasteiger partial charge on any atom is -0.479 e. The Morgan fingerprint density at radius 3 is 2.21 bits per heavy atom. The van der Waals surface area contributed by atoms with Gasteiger partial charge in [0.1, 0.15) is 0 Å². The number of ether oxygens (including phenoxy) is 1. The topological polar surface area (TPSA) is 194 Å². The molecule has 1 unspecified atom stereocenters. The first kappa shape index (κ1) is 50.6. The molecular formula is C42H55ClF3N8O8+. The summed E-state index contributed by atoms with van der Waals surface area (Å²) in [5.41, 5.74) is 1.78. The van der Waals surface area contributed by atoms with Crippen molar-refractivity contribution in [3.05, 3.63) is 76.5 Å². The number of carbonyl (C=O) groups is 5. The number of hydrogen-bond donors (Lipinski definition) is 4. The van der Waals surface area contributed by atoms with Crippen molar-refractivity contribution in [1.82, 2.24) is 29.1 Å². The molecule has 1 aliphatic heterocycles. The number of alkyl halides is 1. The van der Waals surface area contributed by atoms with Gasteiger partial charge in [0, 0.05) is 67.8 Å². The second-order valence-electron chi connectivity index (χ2n) is 14.1. The Morgan fingerprint density at radius 2 is 1.63 bits per heavy atom. The highest BCUT2D eigenvalue weighted by atomic mass is 35.5. The summed E-state index contributed by atoms with van der Waals surface area (Å²) >= 11 is 6.54. The van der Waals surface area contributed by atoms with Crippen LogP contribution in [0.2, 0.25) is 5.02 Å². The Hall–Kier alpha value is -5.79. The summed E-state index contributed by atoms with van der Waals surface area (Å²) in [5.74, 6) is -5.71. The van der Waals surface area contributed by atoms with E-state index < -0.39 is 36.2 Å². The molecule has 4 N–H and O–H groups in total. The summed E-state index contributed by atoms with van der Waals surface area (Å²) in [5, 5.41) is 23.4. The molecule has 3 amide bonds. The van der Waals surface area contributed by atoms with Crippen molar-refractivity contribution in [1.29, 1.82) is 0 Å². The van der Waals surface area contributed by atoms with E-state index in [4.69, 9.17) is 31.3 Å². The van der Waals surface area contributed by atoms with Crippen LogP contribution < -0.4 is 10.2 Å². The third-order valence-corrected chi connectivity index (χ3v) is 10.4. The zero-order chi connectivity index (χ0) is 46.3. The minimum absolute atomic E-state index is 0.000536. The fourth-order valence-electron chi connectivity index (χ4n) is 6.75. The Labute approximate surface area is 363 Å². The number of likely N-dealkylation sites (tertiary alicyclic amines) is 1. The van der Waals surface area contributed by atoms with Gasteiger partial charge in [-0.3, -0.25) is 19.1 Å². The number of likely N-dealkylation sites (N-methyl/N-ethyl adjacent to an activating group) is 2. The molecule has 0 radical (unpaired) electrons. The van der Waals surface area contributed by atoms with Crippen molar-refractivity contribution in [3.63, 3.8) is 0 Å². The average Bonchev–Trinajstić information content (AvgIpc) is 3.82. The second kappa shape index (κ2) is 24.0. The van der Waals surface area contributed by atoms with Gasteiger partial charge in [-0.25, -0.2) is 27.7 Å². The van der Waals surface area contributed by atoms with E-state index in [9.17, 15) is 23.6 Å². The molecule has 0 saturated carbocycles. The molecule has 0 aliphatic carbocycles. The Morgan fingerprint density at radius 1 is 1.00 bits per heavy atom. The molecule has 2 aromatic heterocycles. The normalized spacial score (nSPS) is 13.0. The lowest BCUT2D eigenvalue weighted by Gasteiger charge is -2.34. The number of aromatic nitrogens is 4. The second-order valence-corrected chi connectivity index (χ2v) is 14.5. The maximum atomic E-state index is 15.5. The molecule has 16 nitrogen and oxygen atoms in total. The molecule has 1 fully saturated rings. The Balaban J connectivity index is 0.00000136. The fraction of sp³-hybridized carbons (Fsp3) is 0.452. The van der Waals surface area contributed by atoms with E-state index in [-0.39, 0.29) is 57.5 Å². The van der Waals surface area contributed by atoms with Gasteiger partial charge in [0.15, 0.2) is 30.7 Å². The standard InChI is InChI=1S/C38H45ClF2N8O6.C2H3FO2.C2H6/c1-6-47(16-15-45(3)22-32(50)51)37(53)24-11-13-48(14-12-24)38(54)27-8-7-25(19-30(27)39)44-36(52)35-42-21-31(46(35)4)28-10-9-26(33(40)34(28)41)29-20-43-49(23(29)2)17-18-55-5;3-1-2(4)5;1-2/h7-10,19-21,24H,6,11-18,22H2,1-5H3,(H,44,52)(H,50,51);1H2,(H,4,5);1-2H3/p+1. The van der Waals surface area contributed by atoms with Gasteiger partial charge < -0.3 is 39.5 Å². The van der Waals surface area contributed by atoms with Gasteiger partial charge in [-0.1, -0.05) is 31.5 Å². The molecule has 3 heterocycles. The van der Waals surface area contributed by atoms with Gasteiger partial charge >= 0.3 is 11.9 Å². The van der Waals surface area contributed by atoms with Crippen molar-refractivity contribution in [2.45, 2.75) is 47.1 Å². The lowest BCUT2D eigenvalue weighted by Crippen LogP contribution is -3.10. The fourth-order valence-corrected chi connectivity index (χ4v) is 7.01. The van der Waals surface area contributed by atoms with Crippen molar-refractivity contribution in [2.24, 2.45) is 13.0 Å². The molecule has 4 aromatic rings. The highest BCUT2D eigenvalue weighted by molar-refractivity contribution is 6.34. The number of aliphatic carboxylic acids is 2. The summed E-state index contributed by atoms with van der Waals surface area (Å²) in [6, 6.07) is 7.39. The molecule has 338 valence electrons. The number of amides is 3. The summed E-state index contributed by atoms with van der Waals surface area (Å²) in [4.78, 5) is 68.2. The van der Waals surface area contributed by atoms with E-state index in [1.165, 1.54) is 54.3 Å². The molecule has 1 saturated heterocycles. The van der Waals surface area contributed by atoms with Crippen LogP contribution in [0.15, 0.2) is 42.7 Å². The molecule has 1 atom stereocenters. The zero-order valence-electron chi connectivity index (χ0n) is 35.9.